The smallest absolute Gasteiger partial charge is 0.407 e. The molecule has 2 saturated carbocycles. The third-order valence-electron chi connectivity index (χ3n) is 8.03. The Kier molecular flexibility index (Phi) is 6.26. The molecular formula is C28H32N2O5. The van der Waals surface area contributed by atoms with Gasteiger partial charge >= 0.3 is 12.1 Å². The number of amides is 2. The summed E-state index contributed by atoms with van der Waals surface area (Å²) >= 11 is 0. The number of rotatable bonds is 7. The van der Waals surface area contributed by atoms with Gasteiger partial charge < -0.3 is 20.1 Å². The predicted octanol–water partition coefficient (Wildman–Crippen LogP) is 4.26. The fraction of sp³-hybridized carbons (Fsp3) is 0.464. The average Bonchev–Trinajstić information content (AvgIpc) is 3.34. The second kappa shape index (κ2) is 9.36. The van der Waals surface area contributed by atoms with Crippen molar-refractivity contribution in [3.05, 3.63) is 59.7 Å². The quantitative estimate of drug-likeness (QED) is 0.623. The first-order valence-electron chi connectivity index (χ1n) is 12.5. The molecule has 0 aliphatic heterocycles. The molecule has 184 valence electrons. The zero-order valence-electron chi connectivity index (χ0n) is 20.1. The van der Waals surface area contributed by atoms with Crippen LogP contribution in [0.1, 0.15) is 50.2 Å². The molecule has 5 rings (SSSR count). The number of nitrogens with zero attached hydrogens (tertiary/aromatic N) is 1. The highest BCUT2D eigenvalue weighted by atomic mass is 16.5. The first-order valence-corrected chi connectivity index (χ1v) is 12.5. The zero-order chi connectivity index (χ0) is 24.7. The van der Waals surface area contributed by atoms with Gasteiger partial charge in [0.25, 0.3) is 0 Å². The molecule has 2 aromatic carbocycles. The van der Waals surface area contributed by atoms with E-state index < -0.39 is 12.1 Å². The molecule has 0 saturated heterocycles. The number of carboxylic acids is 1. The second-order valence-electron chi connectivity index (χ2n) is 10.4. The van der Waals surface area contributed by atoms with Crippen LogP contribution < -0.4 is 5.32 Å². The summed E-state index contributed by atoms with van der Waals surface area (Å²) < 4.78 is 5.69. The van der Waals surface area contributed by atoms with Crippen LogP contribution >= 0.6 is 0 Å². The maximum Gasteiger partial charge on any atom is 0.407 e. The van der Waals surface area contributed by atoms with E-state index in [1.54, 1.807) is 0 Å². The molecule has 0 spiro atoms. The van der Waals surface area contributed by atoms with Gasteiger partial charge in [0.15, 0.2) is 0 Å². The van der Waals surface area contributed by atoms with Crippen LogP contribution in [0.15, 0.2) is 48.5 Å². The fourth-order valence-corrected chi connectivity index (χ4v) is 6.28. The van der Waals surface area contributed by atoms with Crippen LogP contribution in [-0.2, 0) is 14.3 Å². The molecule has 2 amide bonds. The van der Waals surface area contributed by atoms with Crippen LogP contribution in [-0.4, -0.2) is 53.2 Å². The van der Waals surface area contributed by atoms with Gasteiger partial charge in [0.05, 0.1) is 0 Å². The monoisotopic (exact) mass is 476 g/mol. The number of hydrogen-bond acceptors (Lipinski definition) is 4. The Morgan fingerprint density at radius 3 is 2.23 bits per heavy atom. The number of hydrogen-bond donors (Lipinski definition) is 2. The van der Waals surface area contributed by atoms with Gasteiger partial charge in [0.1, 0.15) is 13.2 Å². The van der Waals surface area contributed by atoms with Crippen molar-refractivity contribution >= 4 is 18.0 Å². The van der Waals surface area contributed by atoms with Crippen LogP contribution in [0.2, 0.25) is 0 Å². The van der Waals surface area contributed by atoms with Gasteiger partial charge in [0, 0.05) is 23.9 Å². The van der Waals surface area contributed by atoms with Crippen molar-refractivity contribution in [1.82, 2.24) is 10.2 Å². The first-order chi connectivity index (χ1) is 16.8. The van der Waals surface area contributed by atoms with E-state index in [9.17, 15) is 14.4 Å². The predicted molar refractivity (Wildman–Crippen MR) is 131 cm³/mol. The lowest BCUT2D eigenvalue weighted by Gasteiger charge is -2.40. The molecule has 7 nitrogen and oxygen atoms in total. The van der Waals surface area contributed by atoms with E-state index >= 15 is 0 Å². The standard InChI is InChI=1S/C28H32N2O5/c1-16(2)30(14-26(31)32)27(33)18-11-17-13-25(23(17)12-18)29-28(34)35-15-24-21-9-5-3-7-19(21)20-8-4-6-10-22(20)24/h3-10,16-18,23-25H,11-15H2,1-2H3,(H,29,34)(H,31,32). The van der Waals surface area contributed by atoms with E-state index in [1.807, 2.05) is 38.1 Å². The molecule has 4 unspecified atom stereocenters. The minimum absolute atomic E-state index is 0.000393. The number of ether oxygens (including phenoxy) is 1. The number of carboxylic acid groups (broad SMARTS) is 1. The largest absolute Gasteiger partial charge is 0.480 e. The zero-order valence-corrected chi connectivity index (χ0v) is 20.1. The minimum Gasteiger partial charge on any atom is -0.480 e. The van der Waals surface area contributed by atoms with Gasteiger partial charge in [-0.1, -0.05) is 48.5 Å². The summed E-state index contributed by atoms with van der Waals surface area (Å²) in [6, 6.07) is 16.3. The second-order valence-corrected chi connectivity index (χ2v) is 10.4. The van der Waals surface area contributed by atoms with E-state index in [2.05, 4.69) is 29.6 Å². The number of alkyl carbamates (subject to hydrolysis) is 1. The Balaban J connectivity index is 1.16. The van der Waals surface area contributed by atoms with E-state index in [-0.39, 0.29) is 48.9 Å². The third-order valence-corrected chi connectivity index (χ3v) is 8.03. The highest BCUT2D eigenvalue weighted by molar-refractivity contribution is 5.84. The van der Waals surface area contributed by atoms with Crippen LogP contribution in [0.3, 0.4) is 0 Å². The number of aliphatic carboxylic acids is 1. The molecule has 3 aliphatic rings. The number of fused-ring (bicyclic) bond motifs is 4. The van der Waals surface area contributed by atoms with Crippen molar-refractivity contribution in [1.29, 1.82) is 0 Å². The SMILES string of the molecule is CC(C)N(CC(=O)O)C(=O)C1CC2CC(NC(=O)OCC3c4ccccc4-c4ccccc43)C2C1. The molecule has 2 aromatic rings. The third kappa shape index (κ3) is 4.40. The average molecular weight is 477 g/mol. The van der Waals surface area contributed by atoms with Gasteiger partial charge in [-0.3, -0.25) is 9.59 Å². The fourth-order valence-electron chi connectivity index (χ4n) is 6.28. The summed E-state index contributed by atoms with van der Waals surface area (Å²) in [5.74, 6) is -0.613. The van der Waals surface area contributed by atoms with Crippen molar-refractivity contribution in [2.75, 3.05) is 13.2 Å². The van der Waals surface area contributed by atoms with Crippen LogP contribution in [0, 0.1) is 17.8 Å². The number of nitrogens with one attached hydrogen (secondary N) is 1. The van der Waals surface area contributed by atoms with Crippen molar-refractivity contribution in [2.45, 2.75) is 51.1 Å². The van der Waals surface area contributed by atoms with E-state index in [4.69, 9.17) is 9.84 Å². The molecule has 0 heterocycles. The maximum absolute atomic E-state index is 13.0. The van der Waals surface area contributed by atoms with E-state index in [1.165, 1.54) is 27.2 Å². The van der Waals surface area contributed by atoms with Gasteiger partial charge in [-0.2, -0.15) is 0 Å². The summed E-state index contributed by atoms with van der Waals surface area (Å²) in [6.45, 7) is 3.68. The Hall–Kier alpha value is -3.35. The van der Waals surface area contributed by atoms with Crippen molar-refractivity contribution in [3.63, 3.8) is 0 Å². The molecule has 7 heteroatoms. The molecule has 2 fully saturated rings. The normalized spacial score (nSPS) is 24.2. The van der Waals surface area contributed by atoms with Crippen LogP contribution in [0.4, 0.5) is 4.79 Å². The van der Waals surface area contributed by atoms with Crippen molar-refractivity contribution in [2.24, 2.45) is 17.8 Å². The van der Waals surface area contributed by atoms with Crippen LogP contribution in [0.5, 0.6) is 0 Å². The molecule has 0 bridgehead atoms. The summed E-state index contributed by atoms with van der Waals surface area (Å²) in [4.78, 5) is 38.3. The van der Waals surface area contributed by atoms with Crippen molar-refractivity contribution in [3.8, 4) is 11.1 Å². The summed E-state index contributed by atoms with van der Waals surface area (Å²) in [5.41, 5.74) is 4.75. The van der Waals surface area contributed by atoms with E-state index in [0.29, 0.717) is 12.3 Å². The maximum atomic E-state index is 13.0. The summed E-state index contributed by atoms with van der Waals surface area (Å²) in [7, 11) is 0. The van der Waals surface area contributed by atoms with E-state index in [0.717, 1.165) is 12.8 Å². The molecule has 3 aliphatic carbocycles. The molecule has 0 aromatic heterocycles. The topological polar surface area (TPSA) is 95.9 Å². The summed E-state index contributed by atoms with van der Waals surface area (Å²) in [6.07, 6.45) is 1.86. The first kappa shape index (κ1) is 23.4. The highest BCUT2D eigenvalue weighted by Gasteiger charge is 2.51. The lowest BCUT2D eigenvalue weighted by molar-refractivity contribution is -0.147. The molecule has 4 atom stereocenters. The van der Waals surface area contributed by atoms with Crippen LogP contribution in [0.25, 0.3) is 11.1 Å². The Morgan fingerprint density at radius 2 is 1.63 bits per heavy atom. The highest BCUT2D eigenvalue weighted by Crippen LogP contribution is 2.50. The van der Waals surface area contributed by atoms with Gasteiger partial charge in [-0.05, 0) is 67.2 Å². The molecule has 2 N–H and O–H groups in total. The molecular weight excluding hydrogens is 444 g/mol. The summed E-state index contributed by atoms with van der Waals surface area (Å²) in [5, 5.41) is 12.2. The number of carbonyl (C=O) groups is 3. The van der Waals surface area contributed by atoms with Gasteiger partial charge in [-0.15, -0.1) is 0 Å². The number of benzene rings is 2. The minimum atomic E-state index is -0.997. The Morgan fingerprint density at radius 1 is 1.00 bits per heavy atom. The molecule has 0 radical (unpaired) electrons. The van der Waals surface area contributed by atoms with Crippen molar-refractivity contribution < 1.29 is 24.2 Å². The number of carbonyl (C=O) groups excluding carboxylic acids is 2. The lowest BCUT2D eigenvalue weighted by atomic mass is 9.71. The Bertz CT molecular complexity index is 1100. The van der Waals surface area contributed by atoms with Gasteiger partial charge in [0.2, 0.25) is 5.91 Å². The molecule has 35 heavy (non-hydrogen) atoms. The van der Waals surface area contributed by atoms with Gasteiger partial charge in [-0.25, -0.2) is 4.79 Å². The lowest BCUT2D eigenvalue weighted by Crippen LogP contribution is -2.50. The Labute approximate surface area is 205 Å².